The largest absolute Gasteiger partial charge is 0.310 e. The predicted octanol–water partition coefficient (Wildman–Crippen LogP) is 3.41. The van der Waals surface area contributed by atoms with Gasteiger partial charge in [-0.05, 0) is 49.3 Å². The highest BCUT2D eigenvalue weighted by Gasteiger charge is 2.29. The van der Waals surface area contributed by atoms with E-state index in [9.17, 15) is 4.39 Å². The Labute approximate surface area is 97.1 Å². The Balaban J connectivity index is 1.90. The first-order valence-electron chi connectivity index (χ1n) is 6.19. The van der Waals surface area contributed by atoms with Crippen molar-refractivity contribution in [3.05, 3.63) is 35.1 Å². The van der Waals surface area contributed by atoms with Gasteiger partial charge in [-0.15, -0.1) is 0 Å². The zero-order valence-corrected chi connectivity index (χ0v) is 10.1. The quantitative estimate of drug-likeness (QED) is 0.803. The van der Waals surface area contributed by atoms with E-state index in [-0.39, 0.29) is 5.82 Å². The average molecular weight is 221 g/mol. The Morgan fingerprint density at radius 2 is 2.19 bits per heavy atom. The number of hydrogen-bond acceptors (Lipinski definition) is 1. The molecule has 1 aromatic carbocycles. The Morgan fingerprint density at radius 3 is 2.75 bits per heavy atom. The minimum absolute atomic E-state index is 0.0984. The van der Waals surface area contributed by atoms with Crippen LogP contribution in [0, 0.1) is 18.7 Å². The van der Waals surface area contributed by atoms with Crippen LogP contribution in [0.25, 0.3) is 0 Å². The number of nitrogens with one attached hydrogen (secondary N) is 1. The van der Waals surface area contributed by atoms with Crippen molar-refractivity contribution in [3.63, 3.8) is 0 Å². The first-order valence-corrected chi connectivity index (χ1v) is 6.19. The number of aryl methyl sites for hydroxylation is 1. The number of hydrogen-bond donors (Lipinski definition) is 1. The second kappa shape index (κ2) is 4.96. The highest BCUT2D eigenvalue weighted by atomic mass is 19.1. The van der Waals surface area contributed by atoms with Crippen LogP contribution in [0.3, 0.4) is 0 Å². The van der Waals surface area contributed by atoms with Gasteiger partial charge in [0.05, 0.1) is 0 Å². The van der Waals surface area contributed by atoms with Gasteiger partial charge in [-0.2, -0.15) is 0 Å². The van der Waals surface area contributed by atoms with Crippen LogP contribution in [0.15, 0.2) is 18.2 Å². The van der Waals surface area contributed by atoms with Crippen LogP contribution < -0.4 is 5.32 Å². The third-order valence-corrected chi connectivity index (χ3v) is 3.44. The fourth-order valence-electron chi connectivity index (χ4n) is 2.14. The molecule has 0 saturated heterocycles. The molecule has 0 bridgehead atoms. The van der Waals surface area contributed by atoms with Gasteiger partial charge in [-0.25, -0.2) is 4.39 Å². The van der Waals surface area contributed by atoms with E-state index >= 15 is 0 Å². The van der Waals surface area contributed by atoms with Crippen molar-refractivity contribution in [2.45, 2.75) is 45.7 Å². The molecule has 1 unspecified atom stereocenters. The van der Waals surface area contributed by atoms with E-state index in [2.05, 4.69) is 12.2 Å². The van der Waals surface area contributed by atoms with Crippen molar-refractivity contribution in [1.82, 2.24) is 5.32 Å². The summed E-state index contributed by atoms with van der Waals surface area (Å²) in [7, 11) is 0. The summed E-state index contributed by atoms with van der Waals surface area (Å²) in [6.07, 6.45) is 3.88. The molecule has 88 valence electrons. The van der Waals surface area contributed by atoms with E-state index in [0.29, 0.717) is 6.04 Å². The van der Waals surface area contributed by atoms with E-state index in [1.807, 2.05) is 12.1 Å². The highest BCUT2D eigenvalue weighted by molar-refractivity contribution is 5.23. The van der Waals surface area contributed by atoms with Gasteiger partial charge in [0.2, 0.25) is 0 Å². The Bertz CT molecular complexity index is 358. The lowest BCUT2D eigenvalue weighted by atomic mass is 10.1. The van der Waals surface area contributed by atoms with Gasteiger partial charge >= 0.3 is 0 Å². The molecule has 1 aromatic rings. The number of halogens is 1. The topological polar surface area (TPSA) is 12.0 Å². The monoisotopic (exact) mass is 221 g/mol. The molecule has 2 rings (SSSR count). The third kappa shape index (κ3) is 2.82. The summed E-state index contributed by atoms with van der Waals surface area (Å²) in [6, 6.07) is 6.11. The van der Waals surface area contributed by atoms with Crippen molar-refractivity contribution in [2.24, 2.45) is 5.92 Å². The second-order valence-corrected chi connectivity index (χ2v) is 4.82. The summed E-state index contributed by atoms with van der Waals surface area (Å²) >= 11 is 0. The van der Waals surface area contributed by atoms with Crippen molar-refractivity contribution in [1.29, 1.82) is 0 Å². The maximum atomic E-state index is 13.3. The summed E-state index contributed by atoms with van der Waals surface area (Å²) in [6.45, 7) is 4.80. The minimum atomic E-state index is -0.0984. The zero-order chi connectivity index (χ0) is 11.5. The Hall–Kier alpha value is -0.890. The lowest BCUT2D eigenvalue weighted by molar-refractivity contribution is 0.448. The molecule has 0 spiro atoms. The molecule has 0 radical (unpaired) electrons. The number of rotatable bonds is 5. The van der Waals surface area contributed by atoms with E-state index in [0.717, 1.165) is 23.6 Å². The SMILES string of the molecule is CCC(NCc1ccc(C)c(F)c1)C1CC1. The first-order chi connectivity index (χ1) is 7.70. The van der Waals surface area contributed by atoms with Gasteiger partial charge in [0.25, 0.3) is 0 Å². The first kappa shape index (κ1) is 11.6. The normalized spacial score (nSPS) is 17.4. The lowest BCUT2D eigenvalue weighted by Crippen LogP contribution is -2.29. The van der Waals surface area contributed by atoms with Crippen LogP contribution in [0.2, 0.25) is 0 Å². The van der Waals surface area contributed by atoms with Crippen molar-refractivity contribution < 1.29 is 4.39 Å². The van der Waals surface area contributed by atoms with Gasteiger partial charge in [0, 0.05) is 12.6 Å². The molecule has 0 amide bonds. The van der Waals surface area contributed by atoms with Crippen LogP contribution in [0.1, 0.15) is 37.3 Å². The molecule has 1 fully saturated rings. The van der Waals surface area contributed by atoms with Crippen LogP contribution in [0.4, 0.5) is 4.39 Å². The minimum Gasteiger partial charge on any atom is -0.310 e. The predicted molar refractivity (Wildman–Crippen MR) is 64.8 cm³/mol. The van der Waals surface area contributed by atoms with E-state index in [4.69, 9.17) is 0 Å². The average Bonchev–Trinajstić information content (AvgIpc) is 3.08. The molecule has 1 aliphatic rings. The standard InChI is InChI=1S/C14H20FN/c1-3-14(12-6-7-12)16-9-11-5-4-10(2)13(15)8-11/h4-5,8,12,14,16H,3,6-7,9H2,1-2H3. The van der Waals surface area contributed by atoms with Crippen molar-refractivity contribution in [3.8, 4) is 0 Å². The van der Waals surface area contributed by atoms with Gasteiger partial charge in [0.15, 0.2) is 0 Å². The van der Waals surface area contributed by atoms with Crippen molar-refractivity contribution in [2.75, 3.05) is 0 Å². The maximum absolute atomic E-state index is 13.3. The van der Waals surface area contributed by atoms with Crippen LogP contribution in [-0.2, 0) is 6.54 Å². The molecule has 0 aromatic heterocycles. The van der Waals surface area contributed by atoms with Gasteiger partial charge in [0.1, 0.15) is 5.82 Å². The molecule has 1 N–H and O–H groups in total. The van der Waals surface area contributed by atoms with Crippen LogP contribution >= 0.6 is 0 Å². The summed E-state index contributed by atoms with van der Waals surface area (Å²) in [5.41, 5.74) is 1.76. The summed E-state index contributed by atoms with van der Waals surface area (Å²) in [4.78, 5) is 0. The molecule has 16 heavy (non-hydrogen) atoms. The zero-order valence-electron chi connectivity index (χ0n) is 10.1. The molecule has 1 saturated carbocycles. The molecule has 1 aliphatic carbocycles. The van der Waals surface area contributed by atoms with Crippen molar-refractivity contribution >= 4 is 0 Å². The highest BCUT2D eigenvalue weighted by Crippen LogP contribution is 2.34. The van der Waals surface area contributed by atoms with E-state index in [1.54, 1.807) is 13.0 Å². The van der Waals surface area contributed by atoms with E-state index in [1.165, 1.54) is 19.3 Å². The Morgan fingerprint density at radius 1 is 1.44 bits per heavy atom. The molecule has 0 heterocycles. The maximum Gasteiger partial charge on any atom is 0.126 e. The Kier molecular flexibility index (Phi) is 3.59. The number of benzene rings is 1. The fraction of sp³-hybridized carbons (Fsp3) is 0.571. The van der Waals surface area contributed by atoms with Crippen LogP contribution in [0.5, 0.6) is 0 Å². The smallest absolute Gasteiger partial charge is 0.126 e. The van der Waals surface area contributed by atoms with E-state index < -0.39 is 0 Å². The molecular formula is C14H20FN. The van der Waals surface area contributed by atoms with Gasteiger partial charge in [-0.3, -0.25) is 0 Å². The summed E-state index contributed by atoms with van der Waals surface area (Å²) in [5.74, 6) is 0.763. The lowest BCUT2D eigenvalue weighted by Gasteiger charge is -2.16. The molecular weight excluding hydrogens is 201 g/mol. The van der Waals surface area contributed by atoms with Gasteiger partial charge < -0.3 is 5.32 Å². The summed E-state index contributed by atoms with van der Waals surface area (Å²) < 4.78 is 13.3. The van der Waals surface area contributed by atoms with Crippen LogP contribution in [-0.4, -0.2) is 6.04 Å². The molecule has 2 heteroatoms. The second-order valence-electron chi connectivity index (χ2n) is 4.82. The molecule has 0 aliphatic heterocycles. The van der Waals surface area contributed by atoms with Gasteiger partial charge in [-0.1, -0.05) is 19.1 Å². The molecule has 1 nitrogen and oxygen atoms in total. The summed E-state index contributed by atoms with van der Waals surface area (Å²) in [5, 5.41) is 3.53. The fourth-order valence-corrected chi connectivity index (χ4v) is 2.14. The molecule has 1 atom stereocenters. The third-order valence-electron chi connectivity index (χ3n) is 3.44.